The first-order chi connectivity index (χ1) is 20.6. The maximum absolute atomic E-state index is 14.0. The molecule has 12 heteroatoms. The molecule has 0 unspecified atom stereocenters. The molecule has 2 atom stereocenters. The van der Waals surface area contributed by atoms with Crippen LogP contribution in [-0.2, 0) is 28.7 Å². The number of ketones is 2. The van der Waals surface area contributed by atoms with Crippen LogP contribution in [0.5, 0.6) is 0 Å². The maximum Gasteiger partial charge on any atom is 0.326 e. The highest BCUT2D eigenvalue weighted by Crippen LogP contribution is 2.36. The molecule has 1 aliphatic rings. The van der Waals surface area contributed by atoms with E-state index in [-0.39, 0.29) is 58.3 Å². The molecule has 0 saturated heterocycles. The van der Waals surface area contributed by atoms with Gasteiger partial charge in [0, 0.05) is 11.1 Å². The third-order valence-corrected chi connectivity index (χ3v) is 7.30. The molecule has 12 nitrogen and oxygen atoms in total. The van der Waals surface area contributed by atoms with E-state index in [1.54, 1.807) is 0 Å². The summed E-state index contributed by atoms with van der Waals surface area (Å²) in [6.07, 6.45) is -0.520. The van der Waals surface area contributed by atoms with Crippen molar-refractivity contribution in [2.45, 2.75) is 64.5 Å². The molecular weight excluding hydrogens is 568 g/mol. The summed E-state index contributed by atoms with van der Waals surface area (Å²) in [6, 6.07) is 8.87. The van der Waals surface area contributed by atoms with Gasteiger partial charge in [-0.2, -0.15) is 0 Å². The Labute approximate surface area is 256 Å². The molecular formula is C32H40N4O8. The van der Waals surface area contributed by atoms with Crippen LogP contribution >= 0.6 is 0 Å². The van der Waals surface area contributed by atoms with Crippen molar-refractivity contribution in [3.05, 3.63) is 58.7 Å². The number of carbonyl (C=O) groups is 6. The Hall–Kier alpha value is -4.42. The van der Waals surface area contributed by atoms with Gasteiger partial charge in [0.05, 0.1) is 49.6 Å². The van der Waals surface area contributed by atoms with E-state index in [2.05, 4.69) is 10.6 Å². The highest BCUT2D eigenvalue weighted by molar-refractivity contribution is 6.32. The maximum atomic E-state index is 14.0. The Balaban J connectivity index is 1.96. The standard InChI is InChI=1S/C32H40N4O8/c1-17(2)13-31(33,29(41)43-5)15-23(37)35-21-11-7-9-19-25(21)28(40)26-20(27(19)39)10-8-12-22(26)36-24(38)16-32(34,14-18(3)4)30(42)44-6/h7-12,17-18H,13-16,33-34H2,1-6H3,(H,35,37)(H,36,38)/t31-,32-/m0/s1. The van der Waals surface area contributed by atoms with Crippen LogP contribution in [0, 0.1) is 11.8 Å². The predicted molar refractivity (Wildman–Crippen MR) is 163 cm³/mol. The van der Waals surface area contributed by atoms with Crippen molar-refractivity contribution >= 4 is 46.7 Å². The van der Waals surface area contributed by atoms with Crippen molar-refractivity contribution in [3.63, 3.8) is 0 Å². The molecule has 0 aromatic heterocycles. The van der Waals surface area contributed by atoms with E-state index < -0.39 is 59.2 Å². The molecule has 0 saturated carbocycles. The van der Waals surface area contributed by atoms with Crippen LogP contribution in [-0.4, -0.2) is 60.6 Å². The van der Waals surface area contributed by atoms with Crippen LogP contribution in [0.3, 0.4) is 0 Å². The van der Waals surface area contributed by atoms with E-state index in [4.69, 9.17) is 20.9 Å². The van der Waals surface area contributed by atoms with Gasteiger partial charge < -0.3 is 31.6 Å². The Kier molecular flexibility index (Phi) is 10.4. The number of esters is 2. The number of amides is 2. The number of rotatable bonds is 12. The van der Waals surface area contributed by atoms with Gasteiger partial charge in [-0.3, -0.25) is 28.8 Å². The first-order valence-electron chi connectivity index (χ1n) is 14.3. The summed E-state index contributed by atoms with van der Waals surface area (Å²) in [5.41, 5.74) is 9.40. The molecule has 2 aromatic carbocycles. The van der Waals surface area contributed by atoms with Gasteiger partial charge in [-0.05, 0) is 36.8 Å². The first kappa shape index (κ1) is 34.1. The summed E-state index contributed by atoms with van der Waals surface area (Å²) >= 11 is 0. The lowest BCUT2D eigenvalue weighted by molar-refractivity contribution is -0.149. The third-order valence-electron chi connectivity index (χ3n) is 7.30. The quantitative estimate of drug-likeness (QED) is 0.222. The summed E-state index contributed by atoms with van der Waals surface area (Å²) in [5.74, 6) is -3.99. The van der Waals surface area contributed by atoms with Crippen LogP contribution in [0.25, 0.3) is 0 Å². The van der Waals surface area contributed by atoms with Crippen LogP contribution < -0.4 is 22.1 Å². The summed E-state index contributed by atoms with van der Waals surface area (Å²) in [6.45, 7) is 7.39. The Bertz CT molecular complexity index is 1390. The molecule has 0 heterocycles. The minimum Gasteiger partial charge on any atom is -0.468 e. The van der Waals surface area contributed by atoms with E-state index >= 15 is 0 Å². The number of carbonyl (C=O) groups excluding carboxylic acids is 6. The Morgan fingerprint density at radius 2 is 1.05 bits per heavy atom. The van der Waals surface area contributed by atoms with Crippen molar-refractivity contribution in [2.75, 3.05) is 24.9 Å². The second-order valence-corrected chi connectivity index (χ2v) is 12.1. The van der Waals surface area contributed by atoms with Gasteiger partial charge >= 0.3 is 11.9 Å². The molecule has 0 bridgehead atoms. The van der Waals surface area contributed by atoms with E-state index in [0.29, 0.717) is 0 Å². The van der Waals surface area contributed by atoms with Gasteiger partial charge in [0.1, 0.15) is 11.1 Å². The van der Waals surface area contributed by atoms with E-state index in [1.165, 1.54) is 50.6 Å². The van der Waals surface area contributed by atoms with Crippen molar-refractivity contribution in [2.24, 2.45) is 23.3 Å². The number of hydrogen-bond donors (Lipinski definition) is 4. The van der Waals surface area contributed by atoms with Crippen molar-refractivity contribution in [1.29, 1.82) is 0 Å². The normalized spacial score (nSPS) is 15.0. The number of ether oxygens (including phenoxy) is 2. The van der Waals surface area contributed by atoms with Gasteiger partial charge in [0.2, 0.25) is 11.8 Å². The minimum atomic E-state index is -1.61. The van der Waals surface area contributed by atoms with E-state index in [9.17, 15) is 28.8 Å². The number of fused-ring (bicyclic) bond motifs is 2. The molecule has 6 N–H and O–H groups in total. The lowest BCUT2D eigenvalue weighted by atomic mass is 9.82. The van der Waals surface area contributed by atoms with Crippen molar-refractivity contribution in [1.82, 2.24) is 0 Å². The average molecular weight is 609 g/mol. The fraction of sp³-hybridized carbons (Fsp3) is 0.438. The molecule has 0 radical (unpaired) electrons. The highest BCUT2D eigenvalue weighted by Gasteiger charge is 2.41. The molecule has 3 rings (SSSR count). The zero-order chi connectivity index (χ0) is 33.0. The summed E-state index contributed by atoms with van der Waals surface area (Å²) in [7, 11) is 2.36. The van der Waals surface area contributed by atoms with Crippen molar-refractivity contribution < 1.29 is 38.2 Å². The molecule has 44 heavy (non-hydrogen) atoms. The second kappa shape index (κ2) is 13.5. The summed E-state index contributed by atoms with van der Waals surface area (Å²) in [5, 5.41) is 5.27. The number of benzene rings is 2. The second-order valence-electron chi connectivity index (χ2n) is 12.1. The molecule has 0 aliphatic heterocycles. The highest BCUT2D eigenvalue weighted by atomic mass is 16.5. The Morgan fingerprint density at radius 1 is 0.682 bits per heavy atom. The fourth-order valence-electron chi connectivity index (χ4n) is 5.73. The van der Waals surface area contributed by atoms with Crippen LogP contribution in [0.4, 0.5) is 11.4 Å². The minimum absolute atomic E-state index is 0.0249. The molecule has 0 fully saturated rings. The van der Waals surface area contributed by atoms with Crippen molar-refractivity contribution in [3.8, 4) is 0 Å². The molecule has 0 spiro atoms. The number of hydrogen-bond acceptors (Lipinski definition) is 10. The van der Waals surface area contributed by atoms with Crippen LogP contribution in [0.2, 0.25) is 0 Å². The number of methoxy groups -OCH3 is 2. The smallest absolute Gasteiger partial charge is 0.326 e. The zero-order valence-electron chi connectivity index (χ0n) is 25.9. The lowest BCUT2D eigenvalue weighted by Crippen LogP contribution is -2.52. The zero-order valence-corrected chi connectivity index (χ0v) is 25.9. The molecule has 2 amide bonds. The SMILES string of the molecule is COC(=O)[C@@](N)(CC(=O)Nc1cccc2c1C(=O)c1c(NC(=O)C[C@@](N)(CC(C)C)C(=O)OC)cccc1C2=O)CC(C)C. The topological polar surface area (TPSA) is 197 Å². The van der Waals surface area contributed by atoms with Gasteiger partial charge in [-0.1, -0.05) is 52.0 Å². The number of anilines is 2. The monoisotopic (exact) mass is 608 g/mol. The van der Waals surface area contributed by atoms with E-state index in [1.807, 2.05) is 27.7 Å². The molecule has 236 valence electrons. The van der Waals surface area contributed by atoms with Gasteiger partial charge in [0.15, 0.2) is 11.6 Å². The summed E-state index contributed by atoms with van der Waals surface area (Å²) in [4.78, 5) is 78.7. The van der Waals surface area contributed by atoms with Crippen LogP contribution in [0.15, 0.2) is 36.4 Å². The van der Waals surface area contributed by atoms with Crippen LogP contribution in [0.1, 0.15) is 85.2 Å². The molecule has 2 aromatic rings. The number of nitrogens with two attached hydrogens (primary N) is 2. The van der Waals surface area contributed by atoms with E-state index in [0.717, 1.165) is 0 Å². The predicted octanol–water partition coefficient (Wildman–Crippen LogP) is 2.95. The number of nitrogens with one attached hydrogen (secondary N) is 2. The average Bonchev–Trinajstić information content (AvgIpc) is 2.93. The summed E-state index contributed by atoms with van der Waals surface area (Å²) < 4.78 is 9.66. The van der Waals surface area contributed by atoms with Gasteiger partial charge in [-0.15, -0.1) is 0 Å². The first-order valence-corrected chi connectivity index (χ1v) is 14.3. The van der Waals surface area contributed by atoms with Gasteiger partial charge in [0.25, 0.3) is 0 Å². The fourth-order valence-corrected chi connectivity index (χ4v) is 5.73. The van der Waals surface area contributed by atoms with Gasteiger partial charge in [-0.25, -0.2) is 0 Å². The third kappa shape index (κ3) is 7.20. The largest absolute Gasteiger partial charge is 0.468 e. The lowest BCUT2D eigenvalue weighted by Gasteiger charge is -2.28. The molecule has 1 aliphatic carbocycles. The Morgan fingerprint density at radius 3 is 1.36 bits per heavy atom.